The van der Waals surface area contributed by atoms with Crippen molar-refractivity contribution in [3.8, 4) is 0 Å². The van der Waals surface area contributed by atoms with Gasteiger partial charge in [0.15, 0.2) is 0 Å². The number of nitrogens with one attached hydrogen (secondary N) is 1. The first-order chi connectivity index (χ1) is 16.0. The third-order valence-corrected chi connectivity index (χ3v) is 8.27. The number of benzene rings is 2. The van der Waals surface area contributed by atoms with Gasteiger partial charge in [-0.1, -0.05) is 48.5 Å². The summed E-state index contributed by atoms with van der Waals surface area (Å²) >= 11 is 0. The minimum Gasteiger partial charge on any atom is -0.453 e. The Kier molecular flexibility index (Phi) is 7.67. The maximum atomic E-state index is 12.9. The van der Waals surface area contributed by atoms with Gasteiger partial charge in [0.2, 0.25) is 10.0 Å². The highest BCUT2D eigenvalue weighted by Crippen LogP contribution is 2.34. The molecule has 1 aliphatic carbocycles. The number of hydrogen-bond donors (Lipinski definition) is 1. The van der Waals surface area contributed by atoms with Crippen molar-refractivity contribution in [1.82, 2.24) is 9.62 Å². The predicted molar refractivity (Wildman–Crippen MR) is 125 cm³/mol. The van der Waals surface area contributed by atoms with Gasteiger partial charge in [0.1, 0.15) is 0 Å². The van der Waals surface area contributed by atoms with E-state index in [1.165, 1.54) is 12.7 Å². The largest absolute Gasteiger partial charge is 0.453 e. The first kappa shape index (κ1) is 23.7. The zero-order valence-electron chi connectivity index (χ0n) is 18.9. The highest BCUT2D eigenvalue weighted by Gasteiger charge is 2.40. The van der Waals surface area contributed by atoms with Crippen molar-refractivity contribution in [2.45, 2.75) is 61.1 Å². The van der Waals surface area contributed by atoms with Crippen LogP contribution in [0.5, 0.6) is 0 Å². The summed E-state index contributed by atoms with van der Waals surface area (Å²) in [4.78, 5) is 14.1. The number of carbonyl (C=O) groups is 1. The molecule has 4 rings (SSSR count). The molecule has 2 aromatic carbocycles. The molecule has 0 spiro atoms. The van der Waals surface area contributed by atoms with Gasteiger partial charge in [-0.25, -0.2) is 17.9 Å². The summed E-state index contributed by atoms with van der Waals surface area (Å²) in [5.41, 5.74) is 1.37. The Balaban J connectivity index is 1.38. The standard InChI is InChI=1S/C25H32N2O5S/c1-31-25(28)27-17-16-23(26-33(29,30)22-10-6-3-7-11-22)24(27)18-32-21-14-12-20(13-15-21)19-8-4-2-5-9-19/h2-11,20-21,23-24,26H,12-18H2,1H3. The Morgan fingerprint density at radius 2 is 1.61 bits per heavy atom. The number of rotatable bonds is 7. The van der Waals surface area contributed by atoms with Crippen LogP contribution in [0.3, 0.4) is 0 Å². The number of likely N-dealkylation sites (tertiary alicyclic amines) is 1. The number of methoxy groups -OCH3 is 1. The lowest BCUT2D eigenvalue weighted by molar-refractivity contribution is -0.00535. The molecule has 0 radical (unpaired) electrons. The topological polar surface area (TPSA) is 84.9 Å². The fraction of sp³-hybridized carbons (Fsp3) is 0.480. The van der Waals surface area contributed by atoms with Crippen molar-refractivity contribution in [3.05, 3.63) is 66.2 Å². The molecule has 2 atom stereocenters. The first-order valence-corrected chi connectivity index (χ1v) is 13.0. The molecule has 2 aromatic rings. The number of nitrogens with zero attached hydrogens (tertiary/aromatic N) is 1. The van der Waals surface area contributed by atoms with Crippen LogP contribution in [0.15, 0.2) is 65.6 Å². The van der Waals surface area contributed by atoms with Gasteiger partial charge in [-0.2, -0.15) is 0 Å². The van der Waals surface area contributed by atoms with E-state index in [1.54, 1.807) is 35.2 Å². The van der Waals surface area contributed by atoms with Crippen molar-refractivity contribution >= 4 is 16.1 Å². The summed E-state index contributed by atoms with van der Waals surface area (Å²) < 4.78 is 39.7. The highest BCUT2D eigenvalue weighted by molar-refractivity contribution is 7.89. The van der Waals surface area contributed by atoms with Crippen molar-refractivity contribution in [2.24, 2.45) is 0 Å². The fourth-order valence-electron chi connectivity index (χ4n) is 4.93. The van der Waals surface area contributed by atoms with E-state index >= 15 is 0 Å². The molecule has 178 valence electrons. The molecule has 2 unspecified atom stereocenters. The average Bonchev–Trinajstić information content (AvgIpc) is 3.25. The average molecular weight is 473 g/mol. The molecule has 1 N–H and O–H groups in total. The van der Waals surface area contributed by atoms with E-state index in [1.807, 2.05) is 6.07 Å². The van der Waals surface area contributed by atoms with Gasteiger partial charge in [0.25, 0.3) is 0 Å². The van der Waals surface area contributed by atoms with E-state index in [4.69, 9.17) is 9.47 Å². The van der Waals surface area contributed by atoms with Gasteiger partial charge < -0.3 is 14.4 Å². The van der Waals surface area contributed by atoms with Crippen LogP contribution in [0.1, 0.15) is 43.6 Å². The summed E-state index contributed by atoms with van der Waals surface area (Å²) in [6, 6.07) is 18.0. The molecule has 8 heteroatoms. The number of carbonyl (C=O) groups excluding carboxylic acids is 1. The zero-order chi connectivity index (χ0) is 23.3. The van der Waals surface area contributed by atoms with Crippen molar-refractivity contribution in [1.29, 1.82) is 0 Å². The van der Waals surface area contributed by atoms with Gasteiger partial charge in [-0.15, -0.1) is 0 Å². The number of ether oxygens (including phenoxy) is 2. The van der Waals surface area contributed by atoms with Gasteiger partial charge >= 0.3 is 6.09 Å². The summed E-state index contributed by atoms with van der Waals surface area (Å²) in [6.07, 6.45) is 4.18. The number of sulfonamides is 1. The number of amides is 1. The molecule has 1 amide bonds. The Morgan fingerprint density at radius 1 is 0.970 bits per heavy atom. The molecule has 1 aliphatic heterocycles. The summed E-state index contributed by atoms with van der Waals surface area (Å²) in [6.45, 7) is 0.696. The maximum Gasteiger partial charge on any atom is 0.409 e. The Bertz CT molecular complexity index is 1010. The zero-order valence-corrected chi connectivity index (χ0v) is 19.7. The van der Waals surface area contributed by atoms with Crippen LogP contribution < -0.4 is 4.72 Å². The summed E-state index contributed by atoms with van der Waals surface area (Å²) in [7, 11) is -2.36. The second-order valence-corrected chi connectivity index (χ2v) is 10.5. The van der Waals surface area contributed by atoms with Crippen LogP contribution in [-0.2, 0) is 19.5 Å². The van der Waals surface area contributed by atoms with Crippen LogP contribution in [0.25, 0.3) is 0 Å². The SMILES string of the molecule is COC(=O)N1CCC(NS(=O)(=O)c2ccccc2)C1COC1CCC(c2ccccc2)CC1. The third-order valence-electron chi connectivity index (χ3n) is 6.76. The normalized spacial score (nSPS) is 25.7. The predicted octanol–water partition coefficient (Wildman–Crippen LogP) is 3.92. The minimum atomic E-state index is -3.70. The fourth-order valence-corrected chi connectivity index (χ4v) is 6.26. The van der Waals surface area contributed by atoms with Crippen LogP contribution in [0.2, 0.25) is 0 Å². The summed E-state index contributed by atoms with van der Waals surface area (Å²) in [5, 5.41) is 0. The van der Waals surface area contributed by atoms with Crippen LogP contribution in [0.4, 0.5) is 4.79 Å². The molecular weight excluding hydrogens is 440 g/mol. The molecule has 2 fully saturated rings. The Morgan fingerprint density at radius 3 is 2.24 bits per heavy atom. The second-order valence-electron chi connectivity index (χ2n) is 8.78. The van der Waals surface area contributed by atoms with Crippen LogP contribution in [0, 0.1) is 0 Å². The lowest BCUT2D eigenvalue weighted by Gasteiger charge is -2.32. The molecule has 0 aromatic heterocycles. The molecule has 1 saturated carbocycles. The van der Waals surface area contributed by atoms with Gasteiger partial charge in [0.05, 0.1) is 30.8 Å². The molecule has 2 aliphatic rings. The van der Waals surface area contributed by atoms with Crippen LogP contribution in [-0.4, -0.2) is 57.9 Å². The molecule has 1 saturated heterocycles. The van der Waals surface area contributed by atoms with E-state index in [0.717, 1.165) is 25.7 Å². The van der Waals surface area contributed by atoms with E-state index < -0.39 is 28.2 Å². The smallest absolute Gasteiger partial charge is 0.409 e. The monoisotopic (exact) mass is 472 g/mol. The van der Waals surface area contributed by atoms with E-state index in [9.17, 15) is 13.2 Å². The highest BCUT2D eigenvalue weighted by atomic mass is 32.2. The van der Waals surface area contributed by atoms with Gasteiger partial charge in [-0.05, 0) is 55.7 Å². The molecular formula is C25H32N2O5S. The maximum absolute atomic E-state index is 12.9. The lowest BCUT2D eigenvalue weighted by Crippen LogP contribution is -2.49. The minimum absolute atomic E-state index is 0.108. The lowest BCUT2D eigenvalue weighted by atomic mass is 9.83. The summed E-state index contributed by atoms with van der Waals surface area (Å²) in [5.74, 6) is 0.550. The van der Waals surface area contributed by atoms with Crippen molar-refractivity contribution in [3.63, 3.8) is 0 Å². The second kappa shape index (κ2) is 10.7. The van der Waals surface area contributed by atoms with E-state index in [0.29, 0.717) is 18.9 Å². The van der Waals surface area contributed by atoms with E-state index in [-0.39, 0.29) is 17.6 Å². The van der Waals surface area contributed by atoms with E-state index in [2.05, 4.69) is 29.0 Å². The Hall–Kier alpha value is -2.42. The first-order valence-electron chi connectivity index (χ1n) is 11.6. The molecule has 1 heterocycles. The van der Waals surface area contributed by atoms with Crippen molar-refractivity contribution in [2.75, 3.05) is 20.3 Å². The Labute approximate surface area is 196 Å². The molecule has 33 heavy (non-hydrogen) atoms. The quantitative estimate of drug-likeness (QED) is 0.660. The van der Waals surface area contributed by atoms with Crippen molar-refractivity contribution < 1.29 is 22.7 Å². The third kappa shape index (κ3) is 5.75. The molecule has 0 bridgehead atoms. The van der Waals surface area contributed by atoms with Crippen LogP contribution >= 0.6 is 0 Å². The molecule has 7 nitrogen and oxygen atoms in total. The van der Waals surface area contributed by atoms with Gasteiger partial charge in [0, 0.05) is 12.6 Å². The van der Waals surface area contributed by atoms with Gasteiger partial charge in [-0.3, -0.25) is 0 Å². The number of hydrogen-bond acceptors (Lipinski definition) is 5.